The maximum atomic E-state index is 11.8. The van der Waals surface area contributed by atoms with E-state index in [2.05, 4.69) is 33.2 Å². The molecule has 0 aliphatic heterocycles. The standard InChI is InChI=1S/C15H16IN3O3S/c16-12-3-5-13(6-4-12)18-10-15(20)19-9-11-1-7-14(8-2-11)23(17,21)22/h1-8,18H,9-10H2,(H,19,20)(H2,17,21,22). The number of hydrogen-bond donors (Lipinski definition) is 3. The van der Waals surface area contributed by atoms with Crippen molar-refractivity contribution in [2.24, 2.45) is 5.14 Å². The maximum Gasteiger partial charge on any atom is 0.239 e. The van der Waals surface area contributed by atoms with Gasteiger partial charge in [-0.2, -0.15) is 0 Å². The molecule has 0 bridgehead atoms. The molecule has 1 amide bonds. The van der Waals surface area contributed by atoms with Crippen molar-refractivity contribution in [2.75, 3.05) is 11.9 Å². The van der Waals surface area contributed by atoms with Gasteiger partial charge in [-0.15, -0.1) is 0 Å². The number of nitrogens with one attached hydrogen (secondary N) is 2. The van der Waals surface area contributed by atoms with Crippen molar-refractivity contribution in [3.8, 4) is 0 Å². The normalized spacial score (nSPS) is 11.0. The van der Waals surface area contributed by atoms with Crippen LogP contribution in [-0.2, 0) is 21.4 Å². The molecule has 6 nitrogen and oxygen atoms in total. The number of halogens is 1. The van der Waals surface area contributed by atoms with Crippen molar-refractivity contribution >= 4 is 44.2 Å². The van der Waals surface area contributed by atoms with E-state index in [0.717, 1.165) is 14.8 Å². The van der Waals surface area contributed by atoms with Gasteiger partial charge in [0.15, 0.2) is 0 Å². The van der Waals surface area contributed by atoms with E-state index in [1.165, 1.54) is 12.1 Å². The molecule has 0 aliphatic carbocycles. The predicted molar refractivity (Wildman–Crippen MR) is 97.3 cm³/mol. The Morgan fingerprint density at radius 3 is 2.22 bits per heavy atom. The van der Waals surface area contributed by atoms with Crippen LogP contribution in [0.15, 0.2) is 53.4 Å². The third kappa shape index (κ3) is 5.81. The first-order chi connectivity index (χ1) is 10.8. The van der Waals surface area contributed by atoms with Gasteiger partial charge in [0.2, 0.25) is 15.9 Å². The highest BCUT2D eigenvalue weighted by Gasteiger charge is 2.07. The smallest absolute Gasteiger partial charge is 0.239 e. The van der Waals surface area contributed by atoms with Crippen molar-refractivity contribution < 1.29 is 13.2 Å². The summed E-state index contributed by atoms with van der Waals surface area (Å²) in [6.07, 6.45) is 0. The molecule has 0 radical (unpaired) electrons. The molecular formula is C15H16IN3O3S. The molecule has 0 saturated heterocycles. The number of hydrogen-bond acceptors (Lipinski definition) is 4. The lowest BCUT2D eigenvalue weighted by atomic mass is 10.2. The summed E-state index contributed by atoms with van der Waals surface area (Å²) in [6, 6.07) is 13.8. The molecule has 0 fully saturated rings. The second kappa shape index (κ2) is 7.75. The van der Waals surface area contributed by atoms with Gasteiger partial charge in [0.1, 0.15) is 0 Å². The second-order valence-corrected chi connectivity index (χ2v) is 7.63. The van der Waals surface area contributed by atoms with Crippen molar-refractivity contribution in [3.05, 3.63) is 57.7 Å². The lowest BCUT2D eigenvalue weighted by molar-refractivity contribution is -0.119. The Bertz CT molecular complexity index is 775. The van der Waals surface area contributed by atoms with Gasteiger partial charge in [-0.3, -0.25) is 4.79 Å². The molecule has 2 rings (SSSR count). The van der Waals surface area contributed by atoms with Gasteiger partial charge in [-0.25, -0.2) is 13.6 Å². The molecule has 122 valence electrons. The van der Waals surface area contributed by atoms with Gasteiger partial charge in [-0.05, 0) is 64.6 Å². The van der Waals surface area contributed by atoms with Crippen molar-refractivity contribution in [1.29, 1.82) is 0 Å². The minimum atomic E-state index is -3.69. The van der Waals surface area contributed by atoms with Gasteiger partial charge in [0.05, 0.1) is 11.4 Å². The molecule has 0 atom stereocenters. The van der Waals surface area contributed by atoms with E-state index in [-0.39, 0.29) is 17.3 Å². The Hall–Kier alpha value is -1.65. The van der Waals surface area contributed by atoms with Gasteiger partial charge >= 0.3 is 0 Å². The third-order valence-electron chi connectivity index (χ3n) is 3.04. The van der Waals surface area contributed by atoms with Crippen molar-refractivity contribution in [1.82, 2.24) is 5.32 Å². The molecule has 0 heterocycles. The number of rotatable bonds is 6. The van der Waals surface area contributed by atoms with Gasteiger partial charge < -0.3 is 10.6 Å². The number of carbonyl (C=O) groups excluding carboxylic acids is 1. The zero-order chi connectivity index (χ0) is 16.9. The van der Waals surface area contributed by atoms with Crippen LogP contribution in [0.25, 0.3) is 0 Å². The zero-order valence-electron chi connectivity index (χ0n) is 12.1. The van der Waals surface area contributed by atoms with E-state index in [4.69, 9.17) is 5.14 Å². The first-order valence-electron chi connectivity index (χ1n) is 6.72. The Balaban J connectivity index is 1.81. The SMILES string of the molecule is NS(=O)(=O)c1ccc(CNC(=O)CNc2ccc(I)cc2)cc1. The Morgan fingerprint density at radius 1 is 1.04 bits per heavy atom. The average Bonchev–Trinajstić information content (AvgIpc) is 2.52. The molecule has 4 N–H and O–H groups in total. The molecule has 0 aliphatic rings. The summed E-state index contributed by atoms with van der Waals surface area (Å²) >= 11 is 2.21. The van der Waals surface area contributed by atoms with Crippen molar-refractivity contribution in [3.63, 3.8) is 0 Å². The lowest BCUT2D eigenvalue weighted by Crippen LogP contribution is -2.29. The van der Waals surface area contributed by atoms with Crippen LogP contribution in [0.1, 0.15) is 5.56 Å². The number of primary sulfonamides is 1. The van der Waals surface area contributed by atoms with Crippen LogP contribution < -0.4 is 15.8 Å². The topological polar surface area (TPSA) is 101 Å². The molecule has 23 heavy (non-hydrogen) atoms. The highest BCUT2D eigenvalue weighted by molar-refractivity contribution is 14.1. The second-order valence-electron chi connectivity index (χ2n) is 4.83. The summed E-state index contributed by atoms with van der Waals surface area (Å²) in [5.74, 6) is -0.154. The summed E-state index contributed by atoms with van der Waals surface area (Å²) < 4.78 is 23.4. The number of amides is 1. The highest BCUT2D eigenvalue weighted by atomic mass is 127. The minimum Gasteiger partial charge on any atom is -0.376 e. The molecule has 0 spiro atoms. The van der Waals surface area contributed by atoms with E-state index in [1.807, 2.05) is 24.3 Å². The largest absolute Gasteiger partial charge is 0.376 e. The van der Waals surface area contributed by atoms with E-state index in [9.17, 15) is 13.2 Å². The quantitative estimate of drug-likeness (QED) is 0.589. The Labute approximate surface area is 148 Å². The maximum absolute atomic E-state index is 11.8. The fraction of sp³-hybridized carbons (Fsp3) is 0.133. The summed E-state index contributed by atoms with van der Waals surface area (Å²) in [4.78, 5) is 11.8. The van der Waals surface area contributed by atoms with E-state index < -0.39 is 10.0 Å². The zero-order valence-corrected chi connectivity index (χ0v) is 15.1. The molecule has 8 heteroatoms. The van der Waals surface area contributed by atoms with Crippen LogP contribution in [0.3, 0.4) is 0 Å². The van der Waals surface area contributed by atoms with Crippen LogP contribution in [0.4, 0.5) is 5.69 Å². The van der Waals surface area contributed by atoms with Crippen LogP contribution in [0, 0.1) is 3.57 Å². The number of carbonyl (C=O) groups is 1. The van der Waals surface area contributed by atoms with Gasteiger partial charge in [0.25, 0.3) is 0 Å². The fourth-order valence-electron chi connectivity index (χ4n) is 1.81. The number of sulfonamides is 1. The summed E-state index contributed by atoms with van der Waals surface area (Å²) in [5.41, 5.74) is 1.66. The van der Waals surface area contributed by atoms with Crippen molar-refractivity contribution in [2.45, 2.75) is 11.4 Å². The molecule has 0 unspecified atom stereocenters. The first-order valence-corrected chi connectivity index (χ1v) is 9.35. The van der Waals surface area contributed by atoms with Crippen LogP contribution in [0.5, 0.6) is 0 Å². The van der Waals surface area contributed by atoms with E-state index >= 15 is 0 Å². The number of benzene rings is 2. The molecule has 0 aromatic heterocycles. The molecule has 2 aromatic carbocycles. The average molecular weight is 445 g/mol. The summed E-state index contributed by atoms with van der Waals surface area (Å²) in [7, 11) is -3.69. The highest BCUT2D eigenvalue weighted by Crippen LogP contribution is 2.11. The van der Waals surface area contributed by atoms with E-state index in [1.54, 1.807) is 12.1 Å². The lowest BCUT2D eigenvalue weighted by Gasteiger charge is -2.08. The molecule has 2 aromatic rings. The van der Waals surface area contributed by atoms with Gasteiger partial charge in [0, 0.05) is 15.8 Å². The first kappa shape index (κ1) is 17.7. The number of anilines is 1. The molecular weight excluding hydrogens is 429 g/mol. The summed E-state index contributed by atoms with van der Waals surface area (Å²) in [6.45, 7) is 0.480. The third-order valence-corrected chi connectivity index (χ3v) is 4.69. The van der Waals surface area contributed by atoms with Crippen LogP contribution in [0.2, 0.25) is 0 Å². The Kier molecular flexibility index (Phi) is 5.97. The van der Waals surface area contributed by atoms with Crippen LogP contribution in [-0.4, -0.2) is 20.9 Å². The molecule has 0 saturated carbocycles. The number of nitrogens with two attached hydrogens (primary N) is 1. The van der Waals surface area contributed by atoms with Crippen LogP contribution >= 0.6 is 22.6 Å². The minimum absolute atomic E-state index is 0.0490. The Morgan fingerprint density at radius 2 is 1.65 bits per heavy atom. The van der Waals surface area contributed by atoms with Gasteiger partial charge in [-0.1, -0.05) is 12.1 Å². The predicted octanol–water partition coefficient (Wildman–Crippen LogP) is 1.67. The van der Waals surface area contributed by atoms with E-state index in [0.29, 0.717) is 6.54 Å². The summed E-state index contributed by atoms with van der Waals surface area (Å²) in [5, 5.41) is 10.8. The monoisotopic (exact) mass is 445 g/mol. The fourth-order valence-corrected chi connectivity index (χ4v) is 2.69.